The van der Waals surface area contributed by atoms with Crippen LogP contribution in [0.2, 0.25) is 0 Å². The Morgan fingerprint density at radius 2 is 2.00 bits per heavy atom. The summed E-state index contributed by atoms with van der Waals surface area (Å²) < 4.78 is 0. The molecule has 1 fully saturated rings. The third-order valence-electron chi connectivity index (χ3n) is 2.98. The first kappa shape index (κ1) is 10.5. The summed E-state index contributed by atoms with van der Waals surface area (Å²) in [6, 6.07) is 0. The molecule has 1 aliphatic carbocycles. The van der Waals surface area contributed by atoms with E-state index in [0.29, 0.717) is 6.42 Å². The van der Waals surface area contributed by atoms with Crippen LogP contribution < -0.4 is 11.1 Å². The lowest BCUT2D eigenvalue weighted by molar-refractivity contribution is -0.121. The fourth-order valence-corrected chi connectivity index (χ4v) is 1.99. The largest absolute Gasteiger partial charge is 0.359 e. The predicted molar refractivity (Wildman–Crippen MR) is 53.3 cm³/mol. The van der Waals surface area contributed by atoms with E-state index in [1.165, 1.54) is 19.3 Å². The number of carbonyl (C=O) groups is 1. The second-order valence-electron chi connectivity index (χ2n) is 4.10. The first-order valence-corrected chi connectivity index (χ1v) is 5.16. The van der Waals surface area contributed by atoms with E-state index >= 15 is 0 Å². The maximum atomic E-state index is 11.0. The molecule has 0 aliphatic heterocycles. The molecule has 1 amide bonds. The molecular formula is C10H20N2O. The molecule has 0 radical (unpaired) electrons. The third kappa shape index (κ3) is 3.35. The van der Waals surface area contributed by atoms with E-state index in [1.54, 1.807) is 7.05 Å². The van der Waals surface area contributed by atoms with Gasteiger partial charge in [0.25, 0.3) is 0 Å². The van der Waals surface area contributed by atoms with E-state index in [1.807, 2.05) is 0 Å². The molecule has 0 spiro atoms. The van der Waals surface area contributed by atoms with Crippen LogP contribution in [0.4, 0.5) is 0 Å². The Morgan fingerprint density at radius 1 is 1.38 bits per heavy atom. The maximum Gasteiger partial charge on any atom is 0.219 e. The molecule has 3 heteroatoms. The molecule has 0 atom stereocenters. The van der Waals surface area contributed by atoms with Crippen molar-refractivity contribution in [2.24, 2.45) is 5.73 Å². The van der Waals surface area contributed by atoms with Gasteiger partial charge in [0.05, 0.1) is 0 Å². The second-order valence-corrected chi connectivity index (χ2v) is 4.10. The molecule has 0 bridgehead atoms. The van der Waals surface area contributed by atoms with Gasteiger partial charge in [-0.05, 0) is 19.3 Å². The Kier molecular flexibility index (Phi) is 3.72. The Hall–Kier alpha value is -0.570. The van der Waals surface area contributed by atoms with Crippen molar-refractivity contribution in [3.8, 4) is 0 Å². The van der Waals surface area contributed by atoms with Crippen LogP contribution in [-0.2, 0) is 4.79 Å². The summed E-state index contributed by atoms with van der Waals surface area (Å²) in [5.74, 6) is 0.107. The fourth-order valence-electron chi connectivity index (χ4n) is 1.99. The highest BCUT2D eigenvalue weighted by molar-refractivity contribution is 5.75. The van der Waals surface area contributed by atoms with Gasteiger partial charge in [-0.1, -0.05) is 19.3 Å². The van der Waals surface area contributed by atoms with Gasteiger partial charge in [-0.25, -0.2) is 0 Å². The van der Waals surface area contributed by atoms with E-state index in [9.17, 15) is 4.79 Å². The van der Waals surface area contributed by atoms with Crippen LogP contribution in [0.25, 0.3) is 0 Å². The summed E-state index contributed by atoms with van der Waals surface area (Å²) in [7, 11) is 1.67. The first-order chi connectivity index (χ1) is 6.16. The normalized spacial score (nSPS) is 21.1. The number of rotatable bonds is 3. The highest BCUT2D eigenvalue weighted by Gasteiger charge is 2.27. The lowest BCUT2D eigenvalue weighted by Crippen LogP contribution is -2.42. The zero-order chi connectivity index (χ0) is 9.73. The van der Waals surface area contributed by atoms with Crippen LogP contribution >= 0.6 is 0 Å². The monoisotopic (exact) mass is 184 g/mol. The number of carbonyl (C=O) groups excluding carboxylic acids is 1. The van der Waals surface area contributed by atoms with Crippen LogP contribution in [0.5, 0.6) is 0 Å². The predicted octanol–water partition coefficient (Wildman–Crippen LogP) is 1.17. The van der Waals surface area contributed by atoms with Crippen molar-refractivity contribution < 1.29 is 4.79 Å². The zero-order valence-electron chi connectivity index (χ0n) is 8.44. The average molecular weight is 184 g/mol. The molecule has 0 aromatic rings. The zero-order valence-corrected chi connectivity index (χ0v) is 8.44. The molecule has 0 aromatic heterocycles. The quantitative estimate of drug-likeness (QED) is 0.692. The molecule has 0 heterocycles. The van der Waals surface area contributed by atoms with E-state index in [-0.39, 0.29) is 11.4 Å². The molecule has 0 aromatic carbocycles. The maximum absolute atomic E-state index is 11.0. The molecule has 1 saturated carbocycles. The van der Waals surface area contributed by atoms with E-state index in [0.717, 1.165) is 19.3 Å². The van der Waals surface area contributed by atoms with Crippen molar-refractivity contribution in [2.75, 3.05) is 7.05 Å². The molecule has 3 nitrogen and oxygen atoms in total. The Balaban J connectivity index is 2.28. The molecule has 13 heavy (non-hydrogen) atoms. The first-order valence-electron chi connectivity index (χ1n) is 5.16. The van der Waals surface area contributed by atoms with Crippen molar-refractivity contribution >= 4 is 5.91 Å². The van der Waals surface area contributed by atoms with Gasteiger partial charge >= 0.3 is 0 Å². The fraction of sp³-hybridized carbons (Fsp3) is 0.900. The minimum absolute atomic E-state index is 0.0508. The number of nitrogens with one attached hydrogen (secondary N) is 1. The second kappa shape index (κ2) is 4.61. The summed E-state index contributed by atoms with van der Waals surface area (Å²) in [5.41, 5.74) is 6.13. The molecule has 0 saturated heterocycles. The minimum atomic E-state index is -0.0508. The van der Waals surface area contributed by atoms with Gasteiger partial charge in [0.15, 0.2) is 0 Å². The van der Waals surface area contributed by atoms with Gasteiger partial charge in [0.2, 0.25) is 5.91 Å². The summed E-state index contributed by atoms with van der Waals surface area (Å²) >= 11 is 0. The summed E-state index contributed by atoms with van der Waals surface area (Å²) in [6.07, 6.45) is 7.35. The average Bonchev–Trinajstić information content (AvgIpc) is 2.15. The van der Waals surface area contributed by atoms with E-state index < -0.39 is 0 Å². The van der Waals surface area contributed by atoms with Crippen LogP contribution in [-0.4, -0.2) is 18.5 Å². The van der Waals surface area contributed by atoms with Crippen molar-refractivity contribution in [2.45, 2.75) is 50.5 Å². The standard InChI is InChI=1S/C10H20N2O/c1-12-9(13)5-8-10(11)6-3-2-4-7-10/h2-8,11H2,1H3,(H,12,13). The number of amides is 1. The van der Waals surface area contributed by atoms with Gasteiger partial charge in [0.1, 0.15) is 0 Å². The minimum Gasteiger partial charge on any atom is -0.359 e. The van der Waals surface area contributed by atoms with Gasteiger partial charge in [-0.3, -0.25) is 4.79 Å². The van der Waals surface area contributed by atoms with Gasteiger partial charge < -0.3 is 11.1 Å². The van der Waals surface area contributed by atoms with Gasteiger partial charge in [-0.15, -0.1) is 0 Å². The van der Waals surface area contributed by atoms with Crippen molar-refractivity contribution in [3.05, 3.63) is 0 Å². The molecular weight excluding hydrogens is 164 g/mol. The van der Waals surface area contributed by atoms with Gasteiger partial charge in [-0.2, -0.15) is 0 Å². The van der Waals surface area contributed by atoms with Crippen LogP contribution in [0.3, 0.4) is 0 Å². The number of hydrogen-bond acceptors (Lipinski definition) is 2. The smallest absolute Gasteiger partial charge is 0.219 e. The Morgan fingerprint density at radius 3 is 2.54 bits per heavy atom. The lowest BCUT2D eigenvalue weighted by atomic mass is 9.79. The Bertz CT molecular complexity index is 174. The van der Waals surface area contributed by atoms with E-state index in [4.69, 9.17) is 5.73 Å². The topological polar surface area (TPSA) is 55.1 Å². The van der Waals surface area contributed by atoms with E-state index in [2.05, 4.69) is 5.32 Å². The summed E-state index contributed by atoms with van der Waals surface area (Å²) in [4.78, 5) is 11.0. The molecule has 0 unspecified atom stereocenters. The molecule has 76 valence electrons. The SMILES string of the molecule is CNC(=O)CCC1(N)CCCCC1. The van der Waals surface area contributed by atoms with Crippen LogP contribution in [0.1, 0.15) is 44.9 Å². The molecule has 1 rings (SSSR count). The van der Waals surface area contributed by atoms with Crippen molar-refractivity contribution in [1.29, 1.82) is 0 Å². The highest BCUT2D eigenvalue weighted by atomic mass is 16.1. The molecule has 1 aliphatic rings. The van der Waals surface area contributed by atoms with Crippen LogP contribution in [0.15, 0.2) is 0 Å². The van der Waals surface area contributed by atoms with Gasteiger partial charge in [0, 0.05) is 19.0 Å². The number of hydrogen-bond donors (Lipinski definition) is 2. The van der Waals surface area contributed by atoms with Crippen molar-refractivity contribution in [1.82, 2.24) is 5.32 Å². The summed E-state index contributed by atoms with van der Waals surface area (Å²) in [6.45, 7) is 0. The Labute approximate surface area is 80.1 Å². The van der Waals surface area contributed by atoms with Crippen molar-refractivity contribution in [3.63, 3.8) is 0 Å². The lowest BCUT2D eigenvalue weighted by Gasteiger charge is -2.33. The van der Waals surface area contributed by atoms with Crippen LogP contribution in [0, 0.1) is 0 Å². The molecule has 3 N–H and O–H groups in total. The highest BCUT2D eigenvalue weighted by Crippen LogP contribution is 2.29. The third-order valence-corrected chi connectivity index (χ3v) is 2.98. The summed E-state index contributed by atoms with van der Waals surface area (Å²) in [5, 5.41) is 2.63. The number of nitrogens with two attached hydrogens (primary N) is 1.